The van der Waals surface area contributed by atoms with E-state index in [4.69, 9.17) is 16.3 Å². The van der Waals surface area contributed by atoms with Crippen molar-refractivity contribution >= 4 is 28.4 Å². The van der Waals surface area contributed by atoms with Crippen molar-refractivity contribution in [1.82, 2.24) is 24.9 Å². The number of likely N-dealkylation sites (tertiary alicyclic amines) is 1. The Hall–Kier alpha value is -2.81. The fourth-order valence-electron chi connectivity index (χ4n) is 3.06. The lowest BCUT2D eigenvalue weighted by Gasteiger charge is -2.38. The van der Waals surface area contributed by atoms with Gasteiger partial charge in [0, 0.05) is 18.0 Å². The third kappa shape index (κ3) is 2.87. The lowest BCUT2D eigenvalue weighted by Crippen LogP contribution is -2.58. The summed E-state index contributed by atoms with van der Waals surface area (Å²) in [5.74, 6) is -3.51. The molecule has 1 fully saturated rings. The number of methoxy groups -OCH3 is 1. The minimum Gasteiger partial charge on any atom is -0.480 e. The maximum Gasteiger partial charge on any atom is 0.282 e. The lowest BCUT2D eigenvalue weighted by molar-refractivity contribution is -0.113. The van der Waals surface area contributed by atoms with Gasteiger partial charge in [0.1, 0.15) is 5.56 Å². The fourth-order valence-corrected chi connectivity index (χ4v) is 3.37. The van der Waals surface area contributed by atoms with Gasteiger partial charge in [0.15, 0.2) is 0 Å². The van der Waals surface area contributed by atoms with Gasteiger partial charge in [-0.2, -0.15) is 0 Å². The van der Waals surface area contributed by atoms with Crippen LogP contribution in [0.4, 0.5) is 8.78 Å². The van der Waals surface area contributed by atoms with Gasteiger partial charge in [0.25, 0.3) is 11.8 Å². The smallest absolute Gasteiger partial charge is 0.282 e. The molecular weight excluding hydrogens is 380 g/mol. The van der Waals surface area contributed by atoms with Gasteiger partial charge >= 0.3 is 0 Å². The molecule has 3 aromatic rings. The van der Waals surface area contributed by atoms with E-state index in [9.17, 15) is 13.6 Å². The normalized spacial score (nSPS) is 15.7. The third-order valence-corrected chi connectivity index (χ3v) is 4.83. The standard InChI is InChI=1S/C17H14ClF2N5O2/c1-24-12(6-21-23-24)9-3-4-11-10(5-9)14(18)13(15(22-11)27-2)16(26)25-7-17(19,20)8-25/h3-6H,7-8H2,1-2H3. The zero-order chi connectivity index (χ0) is 19.3. The Morgan fingerprint density at radius 1 is 1.33 bits per heavy atom. The number of fused-ring (bicyclic) bond motifs is 1. The first-order valence-corrected chi connectivity index (χ1v) is 8.38. The van der Waals surface area contributed by atoms with Crippen molar-refractivity contribution < 1.29 is 18.3 Å². The summed E-state index contributed by atoms with van der Waals surface area (Å²) >= 11 is 6.50. The van der Waals surface area contributed by atoms with Gasteiger partial charge in [-0.25, -0.2) is 18.4 Å². The van der Waals surface area contributed by atoms with E-state index in [1.165, 1.54) is 7.11 Å². The second kappa shape index (κ2) is 6.12. The Bertz CT molecular complexity index is 1060. The molecule has 0 N–H and O–H groups in total. The second-order valence-electron chi connectivity index (χ2n) is 6.30. The molecule has 1 aromatic carbocycles. The average molecular weight is 394 g/mol. The molecule has 0 unspecified atom stereocenters. The van der Waals surface area contributed by atoms with Crippen molar-refractivity contribution in [2.75, 3.05) is 20.2 Å². The first-order valence-electron chi connectivity index (χ1n) is 8.00. The minimum atomic E-state index is -2.88. The maximum absolute atomic E-state index is 13.2. The van der Waals surface area contributed by atoms with Gasteiger partial charge in [-0.15, -0.1) is 5.10 Å². The van der Waals surface area contributed by atoms with Crippen LogP contribution in [0.3, 0.4) is 0 Å². The average Bonchev–Trinajstić information content (AvgIpc) is 3.04. The molecule has 1 saturated heterocycles. The van der Waals surface area contributed by atoms with Gasteiger partial charge < -0.3 is 9.64 Å². The number of carbonyl (C=O) groups excluding carboxylic acids is 1. The number of carbonyl (C=O) groups is 1. The van der Waals surface area contributed by atoms with Crippen molar-refractivity contribution in [3.05, 3.63) is 35.0 Å². The first-order chi connectivity index (χ1) is 12.8. The summed E-state index contributed by atoms with van der Waals surface area (Å²) in [6.45, 7) is -1.30. The summed E-state index contributed by atoms with van der Waals surface area (Å²) in [6.07, 6.45) is 1.60. The Morgan fingerprint density at radius 3 is 2.67 bits per heavy atom. The zero-order valence-electron chi connectivity index (χ0n) is 14.4. The Kier molecular flexibility index (Phi) is 3.99. The summed E-state index contributed by atoms with van der Waals surface area (Å²) < 4.78 is 33.1. The number of aryl methyl sites for hydroxylation is 1. The van der Waals surface area contributed by atoms with Crippen LogP contribution in [-0.2, 0) is 7.05 Å². The molecule has 27 heavy (non-hydrogen) atoms. The zero-order valence-corrected chi connectivity index (χ0v) is 15.2. The van der Waals surface area contributed by atoms with Crippen LogP contribution in [0.2, 0.25) is 5.02 Å². The van der Waals surface area contributed by atoms with Crippen LogP contribution in [0.15, 0.2) is 24.4 Å². The lowest BCUT2D eigenvalue weighted by atomic mass is 10.0. The number of pyridine rings is 1. The Balaban J connectivity index is 1.84. The largest absolute Gasteiger partial charge is 0.480 e. The molecule has 0 radical (unpaired) electrons. The monoisotopic (exact) mass is 393 g/mol. The highest BCUT2D eigenvalue weighted by Gasteiger charge is 2.47. The number of hydrogen-bond donors (Lipinski definition) is 0. The number of hydrogen-bond acceptors (Lipinski definition) is 5. The molecular formula is C17H14ClF2N5O2. The van der Waals surface area contributed by atoms with E-state index in [-0.39, 0.29) is 16.5 Å². The molecule has 1 amide bonds. The van der Waals surface area contributed by atoms with E-state index >= 15 is 0 Å². The minimum absolute atomic E-state index is 0.00247. The van der Waals surface area contributed by atoms with Gasteiger partial charge in [0.2, 0.25) is 5.88 Å². The van der Waals surface area contributed by atoms with Crippen LogP contribution in [0, 0.1) is 0 Å². The Labute approximate surface area is 157 Å². The summed E-state index contributed by atoms with van der Waals surface area (Å²) in [6, 6.07) is 5.31. The molecule has 4 rings (SSSR count). The van der Waals surface area contributed by atoms with Crippen molar-refractivity contribution in [3.8, 4) is 17.1 Å². The highest BCUT2D eigenvalue weighted by molar-refractivity contribution is 6.39. The van der Waals surface area contributed by atoms with Crippen LogP contribution in [0.1, 0.15) is 10.4 Å². The third-order valence-electron chi connectivity index (χ3n) is 4.44. The van der Waals surface area contributed by atoms with E-state index < -0.39 is 24.9 Å². The first kappa shape index (κ1) is 17.6. The number of aromatic nitrogens is 4. The van der Waals surface area contributed by atoms with Crippen molar-refractivity contribution in [2.45, 2.75) is 5.92 Å². The molecule has 7 nitrogen and oxygen atoms in total. The number of benzene rings is 1. The number of ether oxygens (including phenoxy) is 1. The molecule has 0 spiro atoms. The van der Waals surface area contributed by atoms with Gasteiger partial charge in [-0.1, -0.05) is 22.9 Å². The molecule has 0 aliphatic carbocycles. The maximum atomic E-state index is 13.2. The highest BCUT2D eigenvalue weighted by atomic mass is 35.5. The fraction of sp³-hybridized carbons (Fsp3) is 0.294. The topological polar surface area (TPSA) is 73.1 Å². The van der Waals surface area contributed by atoms with Gasteiger partial charge in [-0.05, 0) is 12.1 Å². The van der Waals surface area contributed by atoms with Crippen LogP contribution in [0.25, 0.3) is 22.2 Å². The van der Waals surface area contributed by atoms with E-state index in [0.29, 0.717) is 10.9 Å². The molecule has 0 saturated carbocycles. The van der Waals surface area contributed by atoms with Gasteiger partial charge in [0.05, 0.1) is 42.6 Å². The number of nitrogens with zero attached hydrogens (tertiary/aromatic N) is 5. The van der Waals surface area contributed by atoms with E-state index in [1.54, 1.807) is 30.1 Å². The van der Waals surface area contributed by atoms with Crippen molar-refractivity contribution in [1.29, 1.82) is 0 Å². The molecule has 3 heterocycles. The van der Waals surface area contributed by atoms with E-state index in [0.717, 1.165) is 16.2 Å². The number of amides is 1. The van der Waals surface area contributed by atoms with Crippen LogP contribution in [0.5, 0.6) is 5.88 Å². The summed E-state index contributed by atoms with van der Waals surface area (Å²) in [4.78, 5) is 18.0. The number of alkyl halides is 2. The van der Waals surface area contributed by atoms with Crippen LogP contribution >= 0.6 is 11.6 Å². The molecule has 2 aromatic heterocycles. The Morgan fingerprint density at radius 2 is 2.07 bits per heavy atom. The predicted molar refractivity (Wildman–Crippen MR) is 94.2 cm³/mol. The molecule has 1 aliphatic rings. The van der Waals surface area contributed by atoms with E-state index in [2.05, 4.69) is 15.3 Å². The van der Waals surface area contributed by atoms with E-state index in [1.807, 2.05) is 6.07 Å². The molecule has 0 atom stereocenters. The molecule has 1 aliphatic heterocycles. The summed E-state index contributed by atoms with van der Waals surface area (Å²) in [5, 5.41) is 8.34. The predicted octanol–water partition coefficient (Wildman–Crippen LogP) is 2.78. The van der Waals surface area contributed by atoms with Crippen LogP contribution < -0.4 is 4.74 Å². The summed E-state index contributed by atoms with van der Waals surface area (Å²) in [5.41, 5.74) is 2.01. The molecule has 140 valence electrons. The van der Waals surface area contributed by atoms with Crippen molar-refractivity contribution in [3.63, 3.8) is 0 Å². The number of rotatable bonds is 3. The number of halogens is 3. The molecule has 10 heteroatoms. The van der Waals surface area contributed by atoms with Crippen LogP contribution in [-0.4, -0.2) is 56.9 Å². The van der Waals surface area contributed by atoms with Crippen molar-refractivity contribution in [2.24, 2.45) is 7.05 Å². The summed E-state index contributed by atoms with van der Waals surface area (Å²) in [7, 11) is 3.10. The second-order valence-corrected chi connectivity index (χ2v) is 6.68. The quantitative estimate of drug-likeness (QED) is 0.684. The molecule has 0 bridgehead atoms. The highest BCUT2D eigenvalue weighted by Crippen LogP contribution is 2.37. The van der Waals surface area contributed by atoms with Gasteiger partial charge in [-0.3, -0.25) is 4.79 Å². The SMILES string of the molecule is COc1nc2ccc(-c3cnnn3C)cc2c(Cl)c1C(=O)N1CC(F)(F)C1.